The molecular weight excluding hydrogens is 236 g/mol. The molecule has 4 heteroatoms. The van der Waals surface area contributed by atoms with Crippen LogP contribution in [0, 0.1) is 0 Å². The van der Waals surface area contributed by atoms with Crippen molar-refractivity contribution in [2.75, 3.05) is 11.5 Å². The van der Waals surface area contributed by atoms with Gasteiger partial charge in [-0.15, -0.1) is 0 Å². The molecule has 1 aromatic rings. The third kappa shape index (κ3) is 1.69. The van der Waals surface area contributed by atoms with E-state index in [1.54, 1.807) is 0 Å². The van der Waals surface area contributed by atoms with Gasteiger partial charge in [0.15, 0.2) is 0 Å². The maximum Gasteiger partial charge on any atom is 0.104 e. The lowest BCUT2D eigenvalue weighted by Gasteiger charge is -2.22. The minimum Gasteiger partial charge on any atom is -0.255 e. The van der Waals surface area contributed by atoms with Crippen molar-refractivity contribution in [3.05, 3.63) is 16.9 Å². The van der Waals surface area contributed by atoms with Crippen LogP contribution in [0.4, 0.5) is 0 Å². The molecule has 0 amide bonds. The molecule has 0 radical (unpaired) electrons. The number of aromatic nitrogens is 2. The monoisotopic (exact) mass is 246 g/mol. The molecule has 0 aromatic carbocycles. The van der Waals surface area contributed by atoms with Gasteiger partial charge < -0.3 is 0 Å². The third-order valence-electron chi connectivity index (χ3n) is 2.10. The quantitative estimate of drug-likeness (QED) is 0.759. The van der Waals surface area contributed by atoms with Gasteiger partial charge in [0.2, 0.25) is 0 Å². The molecular formula is C8H11BrN2S. The van der Waals surface area contributed by atoms with Gasteiger partial charge in [-0.25, -0.2) is 0 Å². The van der Waals surface area contributed by atoms with E-state index in [9.17, 15) is 0 Å². The van der Waals surface area contributed by atoms with Crippen molar-refractivity contribution in [3.8, 4) is 0 Å². The van der Waals surface area contributed by atoms with E-state index in [-0.39, 0.29) is 0 Å². The molecule has 0 N–H and O–H groups in total. The second-order valence-corrected chi connectivity index (χ2v) is 4.93. The number of hydrogen-bond acceptors (Lipinski definition) is 2. The number of hydrogen-bond donors (Lipinski definition) is 0. The van der Waals surface area contributed by atoms with Crippen molar-refractivity contribution < 1.29 is 0 Å². The van der Waals surface area contributed by atoms with Gasteiger partial charge in [0.25, 0.3) is 0 Å². The van der Waals surface area contributed by atoms with E-state index < -0.39 is 0 Å². The summed E-state index contributed by atoms with van der Waals surface area (Å²) in [6.45, 7) is 0. The minimum absolute atomic E-state index is 0.605. The molecule has 0 spiro atoms. The van der Waals surface area contributed by atoms with E-state index >= 15 is 0 Å². The maximum atomic E-state index is 4.30. The molecule has 1 atom stereocenters. The zero-order chi connectivity index (χ0) is 8.39. The van der Waals surface area contributed by atoms with Gasteiger partial charge in [-0.2, -0.15) is 16.9 Å². The summed E-state index contributed by atoms with van der Waals surface area (Å²) in [6.07, 6.45) is 4.44. The number of nitrogens with zero attached hydrogens (tertiary/aromatic N) is 2. The molecule has 1 saturated heterocycles. The van der Waals surface area contributed by atoms with Crippen molar-refractivity contribution in [2.45, 2.75) is 18.9 Å². The first kappa shape index (κ1) is 8.63. The van der Waals surface area contributed by atoms with E-state index in [0.29, 0.717) is 6.04 Å². The summed E-state index contributed by atoms with van der Waals surface area (Å²) in [6, 6.07) is 2.60. The fourth-order valence-corrected chi connectivity index (χ4v) is 3.10. The largest absolute Gasteiger partial charge is 0.255 e. The zero-order valence-electron chi connectivity index (χ0n) is 6.74. The van der Waals surface area contributed by atoms with E-state index in [1.807, 2.05) is 24.0 Å². The molecule has 12 heavy (non-hydrogen) atoms. The highest BCUT2D eigenvalue weighted by molar-refractivity contribution is 9.10. The molecule has 2 heterocycles. The van der Waals surface area contributed by atoms with Gasteiger partial charge in [0.1, 0.15) is 4.60 Å². The van der Waals surface area contributed by atoms with E-state index in [1.165, 1.54) is 24.3 Å². The Morgan fingerprint density at radius 1 is 1.67 bits per heavy atom. The first-order chi connectivity index (χ1) is 5.88. The first-order valence-electron chi connectivity index (χ1n) is 4.14. The van der Waals surface area contributed by atoms with Gasteiger partial charge in [-0.1, -0.05) is 0 Å². The zero-order valence-corrected chi connectivity index (χ0v) is 9.14. The van der Waals surface area contributed by atoms with Crippen LogP contribution >= 0.6 is 27.7 Å². The summed E-state index contributed by atoms with van der Waals surface area (Å²) in [5.41, 5.74) is 0. The van der Waals surface area contributed by atoms with Gasteiger partial charge in [-0.05, 0) is 40.6 Å². The van der Waals surface area contributed by atoms with Crippen molar-refractivity contribution in [3.63, 3.8) is 0 Å². The Kier molecular flexibility index (Phi) is 2.76. The van der Waals surface area contributed by atoms with E-state index in [0.717, 1.165) is 4.60 Å². The van der Waals surface area contributed by atoms with Gasteiger partial charge >= 0.3 is 0 Å². The third-order valence-corrected chi connectivity index (χ3v) is 3.93. The van der Waals surface area contributed by atoms with Crippen LogP contribution in [0.15, 0.2) is 16.9 Å². The Bertz CT molecular complexity index is 255. The number of thioether (sulfide) groups is 1. The van der Waals surface area contributed by atoms with Crippen molar-refractivity contribution in [2.24, 2.45) is 0 Å². The van der Waals surface area contributed by atoms with Crippen LogP contribution in [0.25, 0.3) is 0 Å². The molecule has 1 unspecified atom stereocenters. The van der Waals surface area contributed by atoms with Crippen molar-refractivity contribution in [1.82, 2.24) is 9.78 Å². The SMILES string of the molecule is Brc1ccnn1C1CCCSC1. The lowest BCUT2D eigenvalue weighted by Crippen LogP contribution is -2.17. The second-order valence-electron chi connectivity index (χ2n) is 2.97. The average Bonchev–Trinajstić information content (AvgIpc) is 2.53. The fourth-order valence-electron chi connectivity index (χ4n) is 1.48. The van der Waals surface area contributed by atoms with Crippen LogP contribution in [0.1, 0.15) is 18.9 Å². The lowest BCUT2D eigenvalue weighted by atomic mass is 10.2. The maximum absolute atomic E-state index is 4.30. The molecule has 1 aliphatic heterocycles. The topological polar surface area (TPSA) is 17.8 Å². The summed E-state index contributed by atoms with van der Waals surface area (Å²) in [4.78, 5) is 0. The second kappa shape index (κ2) is 3.83. The highest BCUT2D eigenvalue weighted by atomic mass is 79.9. The van der Waals surface area contributed by atoms with Crippen LogP contribution in [0.3, 0.4) is 0 Å². The van der Waals surface area contributed by atoms with Crippen LogP contribution in [-0.2, 0) is 0 Å². The van der Waals surface area contributed by atoms with Gasteiger partial charge in [0.05, 0.1) is 12.2 Å². The van der Waals surface area contributed by atoms with Crippen LogP contribution in [0.2, 0.25) is 0 Å². The molecule has 1 fully saturated rings. The number of rotatable bonds is 1. The average molecular weight is 247 g/mol. The summed E-state index contributed by atoms with van der Waals surface area (Å²) in [5, 5.41) is 4.30. The molecule has 0 bridgehead atoms. The summed E-state index contributed by atoms with van der Waals surface area (Å²) >= 11 is 5.52. The Labute approximate surface area is 84.8 Å². The van der Waals surface area contributed by atoms with E-state index in [4.69, 9.17) is 0 Å². The number of halogens is 1. The molecule has 66 valence electrons. The normalized spacial score (nSPS) is 24.2. The molecule has 2 rings (SSSR count). The summed E-state index contributed by atoms with van der Waals surface area (Å²) in [7, 11) is 0. The smallest absolute Gasteiger partial charge is 0.104 e. The Morgan fingerprint density at radius 2 is 2.58 bits per heavy atom. The molecule has 0 aliphatic carbocycles. The Hall–Kier alpha value is 0.0400. The van der Waals surface area contributed by atoms with Crippen molar-refractivity contribution in [1.29, 1.82) is 0 Å². The standard InChI is InChI=1S/C8H11BrN2S/c9-8-3-4-10-11(8)7-2-1-5-12-6-7/h3-4,7H,1-2,5-6H2. The summed E-state index contributed by atoms with van der Waals surface area (Å²) in [5.74, 6) is 2.52. The molecule has 2 nitrogen and oxygen atoms in total. The molecule has 1 aromatic heterocycles. The predicted octanol–water partition coefficient (Wildman–Crippen LogP) is 2.71. The Balaban J connectivity index is 2.13. The molecule has 0 saturated carbocycles. The fraction of sp³-hybridized carbons (Fsp3) is 0.625. The van der Waals surface area contributed by atoms with Gasteiger partial charge in [-0.3, -0.25) is 4.68 Å². The minimum atomic E-state index is 0.605. The van der Waals surface area contributed by atoms with Crippen LogP contribution in [0.5, 0.6) is 0 Å². The Morgan fingerprint density at radius 3 is 3.17 bits per heavy atom. The van der Waals surface area contributed by atoms with Crippen molar-refractivity contribution >= 4 is 27.7 Å². The highest BCUT2D eigenvalue weighted by Gasteiger charge is 2.17. The highest BCUT2D eigenvalue weighted by Crippen LogP contribution is 2.28. The van der Waals surface area contributed by atoms with Crippen LogP contribution < -0.4 is 0 Å². The summed E-state index contributed by atoms with van der Waals surface area (Å²) < 4.78 is 3.20. The molecule has 1 aliphatic rings. The predicted molar refractivity (Wildman–Crippen MR) is 55.5 cm³/mol. The first-order valence-corrected chi connectivity index (χ1v) is 6.09. The lowest BCUT2D eigenvalue weighted by molar-refractivity contribution is 0.447. The van der Waals surface area contributed by atoms with Crippen LogP contribution in [-0.4, -0.2) is 21.3 Å². The van der Waals surface area contributed by atoms with Gasteiger partial charge in [0, 0.05) is 5.75 Å². The van der Waals surface area contributed by atoms with E-state index in [2.05, 4.69) is 25.7 Å².